The van der Waals surface area contributed by atoms with E-state index in [2.05, 4.69) is 31.7 Å². The summed E-state index contributed by atoms with van der Waals surface area (Å²) in [5, 5.41) is 0. The van der Waals surface area contributed by atoms with Crippen molar-refractivity contribution in [3.05, 3.63) is 73.4 Å². The zero-order valence-electron chi connectivity index (χ0n) is 11.9. The highest BCUT2D eigenvalue weighted by Gasteiger charge is 1.97. The van der Waals surface area contributed by atoms with Crippen molar-refractivity contribution in [2.45, 2.75) is 26.7 Å². The van der Waals surface area contributed by atoms with Crippen LogP contribution in [0.5, 0.6) is 0 Å². The topological polar surface area (TPSA) is 21.6 Å². The van der Waals surface area contributed by atoms with Crippen LogP contribution in [0.4, 0.5) is 0 Å². The van der Waals surface area contributed by atoms with Crippen molar-refractivity contribution in [1.29, 1.82) is 0 Å². The molecule has 0 aromatic heterocycles. The lowest BCUT2D eigenvalue weighted by Crippen LogP contribution is -1.86. The summed E-state index contributed by atoms with van der Waals surface area (Å²) in [5.74, 6) is 0.863. The van der Waals surface area contributed by atoms with E-state index in [0.717, 1.165) is 24.2 Å². The molecule has 0 heterocycles. The smallest absolute Gasteiger partial charge is 0.103 e. The molecule has 0 N–H and O–H groups in total. The average molecular weight is 257 g/mol. The minimum atomic E-state index is 0.666. The van der Waals surface area contributed by atoms with Gasteiger partial charge in [0.25, 0.3) is 0 Å². The van der Waals surface area contributed by atoms with Gasteiger partial charge in [-0.15, -0.1) is 0 Å². The maximum atomic E-state index is 5.32. The Hall–Kier alpha value is -2.09. The molecule has 0 aliphatic rings. The lowest BCUT2D eigenvalue weighted by Gasteiger charge is -2.04. The highest BCUT2D eigenvalue weighted by Crippen LogP contribution is 2.13. The van der Waals surface area contributed by atoms with Crippen LogP contribution >= 0.6 is 0 Å². The van der Waals surface area contributed by atoms with E-state index in [0.29, 0.717) is 5.70 Å². The molecule has 19 heavy (non-hydrogen) atoms. The molecule has 0 aliphatic heterocycles. The van der Waals surface area contributed by atoms with E-state index in [4.69, 9.17) is 4.74 Å². The van der Waals surface area contributed by atoms with Crippen molar-refractivity contribution >= 4 is 6.21 Å². The largest absolute Gasteiger partial charge is 0.470 e. The van der Waals surface area contributed by atoms with Crippen LogP contribution in [0.15, 0.2) is 78.4 Å². The van der Waals surface area contributed by atoms with Gasteiger partial charge in [0.15, 0.2) is 0 Å². The van der Waals surface area contributed by atoms with Crippen molar-refractivity contribution in [3.63, 3.8) is 0 Å². The van der Waals surface area contributed by atoms with Gasteiger partial charge in [0, 0.05) is 12.6 Å². The third-order valence-electron chi connectivity index (χ3n) is 2.24. The molecule has 0 aliphatic carbocycles. The molecule has 0 radical (unpaired) electrons. The van der Waals surface area contributed by atoms with E-state index in [1.807, 2.05) is 31.2 Å². The highest BCUT2D eigenvalue weighted by atomic mass is 16.5. The van der Waals surface area contributed by atoms with Gasteiger partial charge in [-0.2, -0.15) is 0 Å². The van der Waals surface area contributed by atoms with Crippen LogP contribution in [-0.2, 0) is 4.74 Å². The van der Waals surface area contributed by atoms with E-state index in [1.165, 1.54) is 6.26 Å². The Kier molecular flexibility index (Phi) is 9.81. The van der Waals surface area contributed by atoms with Gasteiger partial charge in [0.05, 0.1) is 12.0 Å². The van der Waals surface area contributed by atoms with E-state index < -0.39 is 0 Å². The van der Waals surface area contributed by atoms with Crippen LogP contribution in [0.3, 0.4) is 0 Å². The third-order valence-corrected chi connectivity index (χ3v) is 2.24. The fourth-order valence-electron chi connectivity index (χ4n) is 1.29. The Bertz CT molecular complexity index is 423. The van der Waals surface area contributed by atoms with Gasteiger partial charge in [0.1, 0.15) is 5.76 Å². The summed E-state index contributed by atoms with van der Waals surface area (Å²) >= 11 is 0. The zero-order valence-corrected chi connectivity index (χ0v) is 11.9. The summed E-state index contributed by atoms with van der Waals surface area (Å²) in [6.07, 6.45) is 14.3. The predicted octanol–water partition coefficient (Wildman–Crippen LogP) is 5.10. The van der Waals surface area contributed by atoms with E-state index in [-0.39, 0.29) is 0 Å². The van der Waals surface area contributed by atoms with E-state index in [9.17, 15) is 0 Å². The van der Waals surface area contributed by atoms with Crippen molar-refractivity contribution < 1.29 is 4.74 Å². The standard InChI is InChI=1S/C17H23NO/c1-6-10-14-18-15(5)16(8-3)12-13-17(11-7-2)19-9-4/h6,8-10,12-14H,3-5,7,11H2,1-2H3/b10-6-,16-12+,17-13+,18-14-. The lowest BCUT2D eigenvalue weighted by molar-refractivity contribution is 0.334. The summed E-state index contributed by atoms with van der Waals surface area (Å²) in [5.41, 5.74) is 1.53. The summed E-state index contributed by atoms with van der Waals surface area (Å²) in [7, 11) is 0. The van der Waals surface area contributed by atoms with Crippen LogP contribution in [-0.4, -0.2) is 6.21 Å². The SMILES string of the molecule is C=CO/C(=C/C=C(\C=C)C(=C)/N=C\C=C/C)CCC. The van der Waals surface area contributed by atoms with Gasteiger partial charge in [0.2, 0.25) is 0 Å². The second-order valence-electron chi connectivity index (χ2n) is 3.74. The minimum Gasteiger partial charge on any atom is -0.470 e. The first-order valence-electron chi connectivity index (χ1n) is 6.35. The van der Waals surface area contributed by atoms with Crippen LogP contribution in [0.25, 0.3) is 0 Å². The number of hydrogen-bond acceptors (Lipinski definition) is 2. The Balaban J connectivity index is 4.95. The number of rotatable bonds is 9. The molecule has 0 fully saturated rings. The molecule has 0 saturated carbocycles. The van der Waals surface area contributed by atoms with Crippen LogP contribution in [0.2, 0.25) is 0 Å². The van der Waals surface area contributed by atoms with E-state index >= 15 is 0 Å². The number of aliphatic imine (C=N–C) groups is 1. The van der Waals surface area contributed by atoms with Gasteiger partial charge in [-0.05, 0) is 37.1 Å². The first-order chi connectivity index (χ1) is 9.19. The van der Waals surface area contributed by atoms with Crippen molar-refractivity contribution in [3.8, 4) is 0 Å². The molecule has 0 aromatic carbocycles. The van der Waals surface area contributed by atoms with Crippen LogP contribution in [0.1, 0.15) is 26.7 Å². The zero-order chi connectivity index (χ0) is 14.5. The Morgan fingerprint density at radius 3 is 2.53 bits per heavy atom. The third kappa shape index (κ3) is 7.77. The number of nitrogens with zero attached hydrogens (tertiary/aromatic N) is 1. The maximum Gasteiger partial charge on any atom is 0.103 e. The number of allylic oxidation sites excluding steroid dienone is 6. The fraction of sp³-hybridized carbons (Fsp3) is 0.235. The Morgan fingerprint density at radius 2 is 2.00 bits per heavy atom. The summed E-state index contributed by atoms with van der Waals surface area (Å²) in [6.45, 7) is 15.3. The average Bonchev–Trinajstić information content (AvgIpc) is 2.40. The Labute approximate surface area is 116 Å². The van der Waals surface area contributed by atoms with Gasteiger partial charge in [-0.1, -0.05) is 38.8 Å². The predicted molar refractivity (Wildman–Crippen MR) is 85.0 cm³/mol. The first kappa shape index (κ1) is 16.9. The van der Waals surface area contributed by atoms with Crippen LogP contribution in [0, 0.1) is 0 Å². The number of hydrogen-bond donors (Lipinski definition) is 0. The minimum absolute atomic E-state index is 0.666. The van der Waals surface area contributed by atoms with Crippen molar-refractivity contribution in [1.82, 2.24) is 0 Å². The number of ether oxygens (including phenoxy) is 1. The molecule has 0 spiro atoms. The molecular weight excluding hydrogens is 234 g/mol. The molecule has 102 valence electrons. The molecule has 0 saturated heterocycles. The highest BCUT2D eigenvalue weighted by molar-refractivity contribution is 5.72. The monoisotopic (exact) mass is 257 g/mol. The van der Waals surface area contributed by atoms with Crippen LogP contribution < -0.4 is 0 Å². The lowest BCUT2D eigenvalue weighted by atomic mass is 10.1. The molecular formula is C17H23NO. The molecule has 0 atom stereocenters. The van der Waals surface area contributed by atoms with Gasteiger partial charge in [-0.3, -0.25) is 4.99 Å². The van der Waals surface area contributed by atoms with Crippen molar-refractivity contribution in [2.24, 2.45) is 4.99 Å². The second-order valence-corrected chi connectivity index (χ2v) is 3.74. The van der Waals surface area contributed by atoms with Gasteiger partial charge in [-0.25, -0.2) is 0 Å². The maximum absolute atomic E-state index is 5.32. The van der Waals surface area contributed by atoms with E-state index in [1.54, 1.807) is 12.3 Å². The molecule has 2 nitrogen and oxygen atoms in total. The summed E-state index contributed by atoms with van der Waals surface area (Å²) in [6, 6.07) is 0. The first-order valence-corrected chi connectivity index (χ1v) is 6.35. The molecule has 2 heteroatoms. The Morgan fingerprint density at radius 1 is 1.26 bits per heavy atom. The van der Waals surface area contributed by atoms with Crippen molar-refractivity contribution in [2.75, 3.05) is 0 Å². The molecule has 0 amide bonds. The second kappa shape index (κ2) is 11.0. The quantitative estimate of drug-likeness (QED) is 0.320. The van der Waals surface area contributed by atoms with Gasteiger partial charge >= 0.3 is 0 Å². The molecule has 0 rings (SSSR count). The summed E-state index contributed by atoms with van der Waals surface area (Å²) in [4.78, 5) is 4.22. The normalized spacial score (nSPS) is 12.9. The molecule has 0 bridgehead atoms. The molecule has 0 unspecified atom stereocenters. The fourth-order valence-corrected chi connectivity index (χ4v) is 1.29. The summed E-state index contributed by atoms with van der Waals surface area (Å²) < 4.78 is 5.32. The molecule has 0 aromatic rings. The van der Waals surface area contributed by atoms with Gasteiger partial charge < -0.3 is 4.74 Å².